The molecule has 172 valence electrons. The van der Waals surface area contributed by atoms with Crippen LogP contribution in [-0.4, -0.2) is 22.9 Å². The van der Waals surface area contributed by atoms with Crippen molar-refractivity contribution in [2.75, 3.05) is 4.90 Å². The van der Waals surface area contributed by atoms with Gasteiger partial charge < -0.3 is 9.84 Å². The zero-order valence-corrected chi connectivity index (χ0v) is 20.0. The third-order valence-electron chi connectivity index (χ3n) is 6.28. The number of Topliss-reactive ketones (excluding diaryl/α,β-unsaturated/α-hetero) is 1. The molecule has 5 nitrogen and oxygen atoms in total. The molecule has 1 fully saturated rings. The van der Waals surface area contributed by atoms with Crippen LogP contribution in [0.15, 0.2) is 66.2 Å². The van der Waals surface area contributed by atoms with E-state index in [1.54, 1.807) is 30.3 Å². The van der Waals surface area contributed by atoms with E-state index in [2.05, 4.69) is 0 Å². The van der Waals surface area contributed by atoms with Crippen LogP contribution in [0.25, 0.3) is 5.76 Å². The lowest BCUT2D eigenvalue weighted by atomic mass is 9.92. The number of aliphatic hydroxyl groups is 1. The molecule has 0 aromatic heterocycles. The molecule has 2 aliphatic rings. The Kier molecular flexibility index (Phi) is 5.62. The molecule has 0 bridgehead atoms. The quantitative estimate of drug-likeness (QED) is 0.266. The smallest absolute Gasteiger partial charge is 0.300 e. The van der Waals surface area contributed by atoms with Gasteiger partial charge in [-0.2, -0.15) is 0 Å². The molecule has 2 heterocycles. The number of aliphatic hydroxyl groups excluding tert-OH is 1. The first kappa shape index (κ1) is 22.5. The monoisotopic (exact) mass is 493 g/mol. The Bertz CT molecular complexity index is 1380. The van der Waals surface area contributed by atoms with Crippen LogP contribution < -0.4 is 9.64 Å². The van der Waals surface area contributed by atoms with Crippen LogP contribution in [0, 0.1) is 6.92 Å². The molecule has 2 aliphatic heterocycles. The average Bonchev–Trinajstić information content (AvgIpc) is 3.31. The molecule has 2 atom stereocenters. The van der Waals surface area contributed by atoms with Gasteiger partial charge in [0.2, 0.25) is 0 Å². The van der Waals surface area contributed by atoms with Crippen LogP contribution in [0.5, 0.6) is 5.75 Å². The number of rotatable bonds is 3. The van der Waals surface area contributed by atoms with Crippen molar-refractivity contribution in [3.05, 3.63) is 98.5 Å². The lowest BCUT2D eigenvalue weighted by Crippen LogP contribution is -2.29. The summed E-state index contributed by atoms with van der Waals surface area (Å²) in [7, 11) is 0. The minimum absolute atomic E-state index is 0.0253. The van der Waals surface area contributed by atoms with Gasteiger partial charge in [-0.1, -0.05) is 47.5 Å². The summed E-state index contributed by atoms with van der Waals surface area (Å²) in [4.78, 5) is 28.0. The van der Waals surface area contributed by atoms with Crippen LogP contribution in [0.1, 0.15) is 35.2 Å². The topological polar surface area (TPSA) is 66.8 Å². The van der Waals surface area contributed by atoms with Crippen LogP contribution in [-0.2, 0) is 16.0 Å². The van der Waals surface area contributed by atoms with Gasteiger partial charge >= 0.3 is 0 Å². The highest BCUT2D eigenvalue weighted by Crippen LogP contribution is 2.44. The summed E-state index contributed by atoms with van der Waals surface area (Å²) >= 11 is 12.3. The van der Waals surface area contributed by atoms with Crippen molar-refractivity contribution in [2.45, 2.75) is 32.4 Å². The van der Waals surface area contributed by atoms with E-state index in [9.17, 15) is 14.7 Å². The molecule has 0 spiro atoms. The summed E-state index contributed by atoms with van der Waals surface area (Å²) in [6, 6.07) is 16.7. The zero-order chi connectivity index (χ0) is 24.1. The van der Waals surface area contributed by atoms with Gasteiger partial charge in [0.15, 0.2) is 0 Å². The maximum absolute atomic E-state index is 13.3. The van der Waals surface area contributed by atoms with Gasteiger partial charge in [0.05, 0.1) is 21.7 Å². The van der Waals surface area contributed by atoms with Gasteiger partial charge in [-0.3, -0.25) is 14.5 Å². The Labute approximate surface area is 207 Å². The van der Waals surface area contributed by atoms with E-state index in [1.165, 1.54) is 4.90 Å². The summed E-state index contributed by atoms with van der Waals surface area (Å²) in [6.45, 7) is 3.87. The largest absolute Gasteiger partial charge is 0.507 e. The highest BCUT2D eigenvalue weighted by atomic mass is 35.5. The molecule has 34 heavy (non-hydrogen) atoms. The fourth-order valence-electron chi connectivity index (χ4n) is 4.65. The first-order valence-electron chi connectivity index (χ1n) is 10.9. The van der Waals surface area contributed by atoms with E-state index in [4.69, 9.17) is 27.9 Å². The van der Waals surface area contributed by atoms with E-state index in [0.29, 0.717) is 22.7 Å². The van der Waals surface area contributed by atoms with Crippen LogP contribution in [0.3, 0.4) is 0 Å². The fourth-order valence-corrected chi connectivity index (χ4v) is 4.94. The van der Waals surface area contributed by atoms with E-state index in [0.717, 1.165) is 22.4 Å². The minimum atomic E-state index is -0.832. The number of amides is 1. The molecule has 1 saturated heterocycles. The number of halogens is 2. The molecule has 7 heteroatoms. The molecule has 0 aliphatic carbocycles. The Morgan fingerprint density at radius 1 is 1.03 bits per heavy atom. The maximum atomic E-state index is 13.3. The van der Waals surface area contributed by atoms with Gasteiger partial charge in [-0.15, -0.1) is 0 Å². The number of fused-ring (bicyclic) bond motifs is 1. The summed E-state index contributed by atoms with van der Waals surface area (Å²) in [5.41, 5.74) is 3.45. The van der Waals surface area contributed by atoms with Crippen molar-refractivity contribution in [1.29, 1.82) is 0 Å². The third kappa shape index (κ3) is 3.65. The molecular formula is C27H21Cl2NO4. The fraction of sp³-hybridized carbons (Fsp3) is 0.185. The number of aryl methyl sites for hydroxylation is 1. The van der Waals surface area contributed by atoms with Crippen LogP contribution in [0.2, 0.25) is 10.0 Å². The predicted molar refractivity (Wildman–Crippen MR) is 133 cm³/mol. The molecule has 0 saturated carbocycles. The van der Waals surface area contributed by atoms with Crippen LogP contribution >= 0.6 is 23.2 Å². The summed E-state index contributed by atoms with van der Waals surface area (Å²) in [5, 5.41) is 12.0. The normalized spacial score (nSPS) is 21.0. The molecule has 2 unspecified atom stereocenters. The number of anilines is 1. The first-order chi connectivity index (χ1) is 16.3. The van der Waals surface area contributed by atoms with Crippen molar-refractivity contribution in [3.8, 4) is 5.75 Å². The zero-order valence-electron chi connectivity index (χ0n) is 18.5. The van der Waals surface area contributed by atoms with Gasteiger partial charge in [-0.05, 0) is 66.9 Å². The standard InChI is InChI=1S/C27H21Cl2NO4/c1-14-5-3-4-6-19(14)24-23(25(31)16-7-10-22-17(12-16)11-15(2)34-22)26(32)27(33)30(24)18-8-9-20(28)21(29)13-18/h3-10,12-13,15,24,31H,11H2,1-2H3/b25-23+. The summed E-state index contributed by atoms with van der Waals surface area (Å²) in [6.07, 6.45) is 0.745. The second kappa shape index (κ2) is 8.49. The number of nitrogens with zero attached hydrogens (tertiary/aromatic N) is 1. The number of ether oxygens (including phenoxy) is 1. The molecule has 1 N–H and O–H groups in total. The van der Waals surface area contributed by atoms with Gasteiger partial charge in [0.25, 0.3) is 11.7 Å². The lowest BCUT2D eigenvalue weighted by molar-refractivity contribution is -0.132. The third-order valence-corrected chi connectivity index (χ3v) is 7.02. The van der Waals surface area contributed by atoms with Gasteiger partial charge in [0.1, 0.15) is 17.6 Å². The van der Waals surface area contributed by atoms with Crippen molar-refractivity contribution >= 4 is 46.3 Å². The molecule has 5 rings (SSSR count). The minimum Gasteiger partial charge on any atom is -0.507 e. The number of hydrogen-bond donors (Lipinski definition) is 1. The molecule has 1 amide bonds. The van der Waals surface area contributed by atoms with Crippen molar-refractivity contribution in [3.63, 3.8) is 0 Å². The second-order valence-electron chi connectivity index (χ2n) is 8.58. The predicted octanol–water partition coefficient (Wildman–Crippen LogP) is 6.25. The average molecular weight is 494 g/mol. The molecular weight excluding hydrogens is 473 g/mol. The Morgan fingerprint density at radius 2 is 1.79 bits per heavy atom. The molecule has 3 aromatic carbocycles. The van der Waals surface area contributed by atoms with E-state index < -0.39 is 17.7 Å². The molecule has 3 aromatic rings. The Balaban J connectivity index is 1.71. The van der Waals surface area contributed by atoms with E-state index >= 15 is 0 Å². The maximum Gasteiger partial charge on any atom is 0.300 e. The highest BCUT2D eigenvalue weighted by Gasteiger charge is 2.47. The number of benzene rings is 3. The molecule has 0 radical (unpaired) electrons. The number of hydrogen-bond acceptors (Lipinski definition) is 4. The Hall–Kier alpha value is -3.28. The number of carbonyl (C=O) groups is 2. The second-order valence-corrected chi connectivity index (χ2v) is 9.39. The lowest BCUT2D eigenvalue weighted by Gasteiger charge is -2.27. The van der Waals surface area contributed by atoms with Gasteiger partial charge in [-0.25, -0.2) is 0 Å². The van der Waals surface area contributed by atoms with Gasteiger partial charge in [0, 0.05) is 17.7 Å². The number of carbonyl (C=O) groups excluding carboxylic acids is 2. The SMILES string of the molecule is Cc1ccccc1C1/C(=C(\O)c2ccc3c(c2)CC(C)O3)C(=O)C(=O)N1c1ccc(Cl)c(Cl)c1. The highest BCUT2D eigenvalue weighted by molar-refractivity contribution is 6.52. The summed E-state index contributed by atoms with van der Waals surface area (Å²) < 4.78 is 5.76. The van der Waals surface area contributed by atoms with Crippen molar-refractivity contribution in [1.82, 2.24) is 0 Å². The summed E-state index contributed by atoms with van der Waals surface area (Å²) in [5.74, 6) is -0.972. The van der Waals surface area contributed by atoms with Crippen LogP contribution in [0.4, 0.5) is 5.69 Å². The first-order valence-corrected chi connectivity index (χ1v) is 11.6. The Morgan fingerprint density at radius 3 is 2.53 bits per heavy atom. The number of ketones is 1. The van der Waals surface area contributed by atoms with E-state index in [1.807, 2.05) is 44.2 Å². The van der Waals surface area contributed by atoms with Crippen molar-refractivity contribution < 1.29 is 19.4 Å². The van der Waals surface area contributed by atoms with E-state index in [-0.39, 0.29) is 22.5 Å². The van der Waals surface area contributed by atoms with Crippen molar-refractivity contribution in [2.24, 2.45) is 0 Å².